The fraction of sp³-hybridized carbons (Fsp3) is 0.273. The maximum Gasteiger partial charge on any atom is 0.243 e. The second kappa shape index (κ2) is 13.6. The van der Waals surface area contributed by atoms with E-state index in [-0.39, 0.29) is 17.3 Å². The van der Waals surface area contributed by atoms with Crippen molar-refractivity contribution < 1.29 is 18.0 Å². The normalized spacial score (nSPS) is 12.3. The van der Waals surface area contributed by atoms with Gasteiger partial charge in [-0.3, -0.25) is 9.59 Å². The minimum absolute atomic E-state index is 0.110. The van der Waals surface area contributed by atoms with Crippen molar-refractivity contribution in [1.29, 1.82) is 0 Å². The average molecular weight is 572 g/mol. The van der Waals surface area contributed by atoms with Gasteiger partial charge in [-0.05, 0) is 52.9 Å². The number of rotatable bonds is 12. The Balaban J connectivity index is 1.67. The summed E-state index contributed by atoms with van der Waals surface area (Å²) in [5.41, 5.74) is 2.78. The topological polar surface area (TPSA) is 86.8 Å². The van der Waals surface area contributed by atoms with E-state index in [9.17, 15) is 18.0 Å². The van der Waals surface area contributed by atoms with Crippen molar-refractivity contribution in [2.24, 2.45) is 0 Å². The third-order valence-electron chi connectivity index (χ3n) is 7.21. The second-order valence-electron chi connectivity index (χ2n) is 10.2. The summed E-state index contributed by atoms with van der Waals surface area (Å²) in [6.45, 7) is 4.17. The number of hydrogen-bond donors (Lipinski definition) is 1. The molecule has 0 heterocycles. The molecule has 0 fully saturated rings. The van der Waals surface area contributed by atoms with Crippen LogP contribution in [0.5, 0.6) is 0 Å². The van der Waals surface area contributed by atoms with Crippen LogP contribution in [-0.2, 0) is 32.6 Å². The molecule has 0 saturated heterocycles. The molecular formula is C33H37N3O4S. The first-order valence-corrected chi connectivity index (χ1v) is 15.3. The van der Waals surface area contributed by atoms with Crippen molar-refractivity contribution >= 4 is 32.6 Å². The lowest BCUT2D eigenvalue weighted by molar-refractivity contribution is -0.141. The lowest BCUT2D eigenvalue weighted by Gasteiger charge is -2.33. The first kappa shape index (κ1) is 30.0. The largest absolute Gasteiger partial charge is 0.354 e. The molecule has 0 aliphatic carbocycles. The molecule has 0 aliphatic rings. The summed E-state index contributed by atoms with van der Waals surface area (Å²) in [7, 11) is -2.57. The Morgan fingerprint density at radius 3 is 2.22 bits per heavy atom. The van der Waals surface area contributed by atoms with E-state index in [1.54, 1.807) is 18.2 Å². The maximum absolute atomic E-state index is 14.0. The highest BCUT2D eigenvalue weighted by atomic mass is 32.2. The number of aryl methyl sites for hydroxylation is 1. The van der Waals surface area contributed by atoms with Gasteiger partial charge in [0.05, 0.1) is 11.4 Å². The maximum atomic E-state index is 14.0. The van der Waals surface area contributed by atoms with Gasteiger partial charge >= 0.3 is 0 Å². The van der Waals surface area contributed by atoms with E-state index in [0.717, 1.165) is 38.2 Å². The standard InChI is InChI=1S/C33H37N3O4S/c1-4-20-34-33(38)31(21-26-13-6-5-7-14-26)36(23-29-17-9-8-12-25(29)2)32(37)24-35(3)41(39,40)30-19-18-27-15-10-11-16-28(27)22-30/h5-19,22,31H,4,20-21,23-24H2,1-3H3,(H,34,38)/t31-/m0/s1. The summed E-state index contributed by atoms with van der Waals surface area (Å²) in [5.74, 6) is -0.717. The molecule has 0 radical (unpaired) electrons. The van der Waals surface area contributed by atoms with Crippen LogP contribution in [0, 0.1) is 6.92 Å². The molecule has 2 amide bonds. The molecule has 0 bridgehead atoms. The van der Waals surface area contributed by atoms with Crippen LogP contribution in [0.1, 0.15) is 30.0 Å². The minimum Gasteiger partial charge on any atom is -0.354 e. The summed E-state index contributed by atoms with van der Waals surface area (Å²) >= 11 is 0. The number of benzene rings is 4. The molecule has 4 aromatic carbocycles. The summed E-state index contributed by atoms with van der Waals surface area (Å²) < 4.78 is 28.2. The molecule has 1 N–H and O–H groups in total. The van der Waals surface area contributed by atoms with Gasteiger partial charge < -0.3 is 10.2 Å². The Labute approximate surface area is 242 Å². The highest BCUT2D eigenvalue weighted by Gasteiger charge is 2.33. The highest BCUT2D eigenvalue weighted by molar-refractivity contribution is 7.89. The number of amides is 2. The second-order valence-corrected chi connectivity index (χ2v) is 12.3. The van der Waals surface area contributed by atoms with Gasteiger partial charge in [0, 0.05) is 26.6 Å². The molecular weight excluding hydrogens is 534 g/mol. The lowest BCUT2D eigenvalue weighted by Crippen LogP contribution is -2.53. The molecule has 8 heteroatoms. The average Bonchev–Trinajstić information content (AvgIpc) is 2.98. The van der Waals surface area contributed by atoms with Crippen LogP contribution >= 0.6 is 0 Å². The molecule has 7 nitrogen and oxygen atoms in total. The van der Waals surface area contributed by atoms with Crippen LogP contribution in [0.25, 0.3) is 10.8 Å². The quantitative estimate of drug-likeness (QED) is 0.261. The van der Waals surface area contributed by atoms with Crippen molar-refractivity contribution in [3.8, 4) is 0 Å². The predicted molar refractivity (Wildman–Crippen MR) is 163 cm³/mol. The zero-order valence-corrected chi connectivity index (χ0v) is 24.6. The van der Waals surface area contributed by atoms with Crippen LogP contribution in [0.15, 0.2) is 102 Å². The summed E-state index contributed by atoms with van der Waals surface area (Å²) in [6, 6.07) is 28.9. The molecule has 41 heavy (non-hydrogen) atoms. The van der Waals surface area contributed by atoms with Crippen molar-refractivity contribution in [3.05, 3.63) is 114 Å². The van der Waals surface area contributed by atoms with Crippen molar-refractivity contribution in [2.75, 3.05) is 20.1 Å². The van der Waals surface area contributed by atoms with Gasteiger partial charge in [-0.2, -0.15) is 4.31 Å². The third kappa shape index (κ3) is 7.39. The zero-order valence-electron chi connectivity index (χ0n) is 23.8. The number of fused-ring (bicyclic) bond motifs is 1. The highest BCUT2D eigenvalue weighted by Crippen LogP contribution is 2.22. The van der Waals surface area contributed by atoms with E-state index in [0.29, 0.717) is 13.0 Å². The number of nitrogens with one attached hydrogen (secondary N) is 1. The Hall–Kier alpha value is -4.01. The SMILES string of the molecule is CCCNC(=O)[C@H](Cc1ccccc1)N(Cc1ccccc1C)C(=O)CN(C)S(=O)(=O)c1ccc2ccccc2c1. The fourth-order valence-electron chi connectivity index (χ4n) is 4.77. The smallest absolute Gasteiger partial charge is 0.243 e. The molecule has 0 unspecified atom stereocenters. The van der Waals surface area contributed by atoms with E-state index in [2.05, 4.69) is 5.32 Å². The van der Waals surface area contributed by atoms with Crippen LogP contribution in [0.4, 0.5) is 0 Å². The minimum atomic E-state index is -3.97. The van der Waals surface area contributed by atoms with Crippen LogP contribution in [-0.4, -0.2) is 55.6 Å². The molecule has 0 aliphatic heterocycles. The molecule has 4 aromatic rings. The summed E-state index contributed by atoms with van der Waals surface area (Å²) in [6.07, 6.45) is 1.05. The fourth-order valence-corrected chi connectivity index (χ4v) is 5.92. The lowest BCUT2D eigenvalue weighted by atomic mass is 10.0. The first-order chi connectivity index (χ1) is 19.7. The zero-order chi connectivity index (χ0) is 29.4. The van der Waals surface area contributed by atoms with Gasteiger partial charge in [0.15, 0.2) is 0 Å². The van der Waals surface area contributed by atoms with Crippen LogP contribution in [0.3, 0.4) is 0 Å². The number of hydrogen-bond acceptors (Lipinski definition) is 4. The van der Waals surface area contributed by atoms with Gasteiger partial charge in [0.2, 0.25) is 21.8 Å². The molecule has 1 atom stereocenters. The summed E-state index contributed by atoms with van der Waals surface area (Å²) in [5, 5.41) is 4.67. The Morgan fingerprint density at radius 2 is 1.51 bits per heavy atom. The van der Waals surface area contributed by atoms with Gasteiger partial charge in [-0.15, -0.1) is 0 Å². The number of carbonyl (C=O) groups is 2. The third-order valence-corrected chi connectivity index (χ3v) is 9.01. The van der Waals surface area contributed by atoms with Gasteiger partial charge in [-0.25, -0.2) is 8.42 Å². The molecule has 4 rings (SSSR count). The Morgan fingerprint density at radius 1 is 0.854 bits per heavy atom. The molecule has 214 valence electrons. The summed E-state index contributed by atoms with van der Waals surface area (Å²) in [4.78, 5) is 29.2. The Bertz CT molecular complexity index is 1610. The van der Waals surface area contributed by atoms with Crippen molar-refractivity contribution in [3.63, 3.8) is 0 Å². The van der Waals surface area contributed by atoms with Crippen LogP contribution < -0.4 is 5.32 Å². The van der Waals surface area contributed by atoms with Crippen molar-refractivity contribution in [1.82, 2.24) is 14.5 Å². The van der Waals surface area contributed by atoms with E-state index in [4.69, 9.17) is 0 Å². The van der Waals surface area contributed by atoms with Gasteiger partial charge in [0.25, 0.3) is 0 Å². The number of carbonyl (C=O) groups excluding carboxylic acids is 2. The van der Waals surface area contributed by atoms with Gasteiger partial charge in [0.1, 0.15) is 6.04 Å². The first-order valence-electron chi connectivity index (χ1n) is 13.8. The predicted octanol–water partition coefficient (Wildman–Crippen LogP) is 4.94. The van der Waals surface area contributed by atoms with E-state index in [1.165, 1.54) is 11.9 Å². The van der Waals surface area contributed by atoms with E-state index >= 15 is 0 Å². The molecule has 0 spiro atoms. The van der Waals surface area contributed by atoms with E-state index < -0.39 is 28.5 Å². The van der Waals surface area contributed by atoms with E-state index in [1.807, 2.05) is 92.7 Å². The number of nitrogens with zero attached hydrogens (tertiary/aromatic N) is 2. The number of likely N-dealkylation sites (N-methyl/N-ethyl adjacent to an activating group) is 1. The van der Waals surface area contributed by atoms with Crippen LogP contribution in [0.2, 0.25) is 0 Å². The van der Waals surface area contributed by atoms with Crippen molar-refractivity contribution in [2.45, 2.75) is 44.2 Å². The molecule has 0 aromatic heterocycles. The van der Waals surface area contributed by atoms with Gasteiger partial charge in [-0.1, -0.05) is 91.9 Å². The Kier molecular flexibility index (Phi) is 9.91. The monoisotopic (exact) mass is 571 g/mol. The number of sulfonamides is 1. The molecule has 0 saturated carbocycles.